The third-order valence-corrected chi connectivity index (χ3v) is 8.08. The Hall–Kier alpha value is -3.85. The van der Waals surface area contributed by atoms with Crippen molar-refractivity contribution < 1.29 is 22.7 Å². The normalized spacial score (nSPS) is 11.9. The monoisotopic (exact) mass is 537 g/mol. The summed E-state index contributed by atoms with van der Waals surface area (Å²) in [6, 6.07) is 21.4. The quantitative estimate of drug-likeness (QED) is 0.375. The topological polar surface area (TPSA) is 96.0 Å². The van der Waals surface area contributed by atoms with Crippen molar-refractivity contribution in [3.8, 4) is 5.75 Å². The van der Waals surface area contributed by atoms with Crippen molar-refractivity contribution in [3.05, 3.63) is 90.0 Å². The number of carbonyl (C=O) groups excluding carboxylic acids is 2. The Bertz CT molecular complexity index is 1350. The number of hydrogen-bond donors (Lipinski definition) is 1. The lowest BCUT2D eigenvalue weighted by molar-refractivity contribution is -0.140. The number of ether oxygens (including phenoxy) is 1. The number of likely N-dealkylation sites (N-methyl/N-ethyl adjacent to an activating group) is 1. The van der Waals surface area contributed by atoms with Crippen LogP contribution >= 0.6 is 0 Å². The summed E-state index contributed by atoms with van der Waals surface area (Å²) in [6.45, 7) is 5.64. The Morgan fingerprint density at radius 3 is 2.18 bits per heavy atom. The molecule has 0 aliphatic rings. The van der Waals surface area contributed by atoms with E-state index in [-0.39, 0.29) is 23.0 Å². The van der Waals surface area contributed by atoms with Crippen LogP contribution in [0.1, 0.15) is 31.4 Å². The fourth-order valence-corrected chi connectivity index (χ4v) is 5.70. The summed E-state index contributed by atoms with van der Waals surface area (Å²) in [5.41, 5.74) is 2.07. The van der Waals surface area contributed by atoms with Crippen LogP contribution in [0, 0.1) is 6.92 Å². The van der Waals surface area contributed by atoms with Crippen LogP contribution in [-0.2, 0) is 26.2 Å². The molecule has 0 bridgehead atoms. The lowest BCUT2D eigenvalue weighted by atomic mass is 10.1. The van der Waals surface area contributed by atoms with E-state index in [1.165, 1.54) is 24.1 Å². The van der Waals surface area contributed by atoms with Gasteiger partial charge in [-0.25, -0.2) is 8.42 Å². The van der Waals surface area contributed by atoms with Gasteiger partial charge in [-0.3, -0.25) is 13.9 Å². The molecule has 0 unspecified atom stereocenters. The molecule has 0 radical (unpaired) electrons. The number of rotatable bonds is 12. The second-order valence-electron chi connectivity index (χ2n) is 8.76. The van der Waals surface area contributed by atoms with Crippen LogP contribution < -0.4 is 14.4 Å². The number of benzene rings is 3. The summed E-state index contributed by atoms with van der Waals surface area (Å²) in [4.78, 5) is 28.6. The molecule has 3 aromatic rings. The summed E-state index contributed by atoms with van der Waals surface area (Å²) < 4.78 is 34.2. The second-order valence-corrected chi connectivity index (χ2v) is 10.6. The second kappa shape index (κ2) is 13.1. The smallest absolute Gasteiger partial charge is 0.264 e. The number of para-hydroxylation sites is 2. The Morgan fingerprint density at radius 1 is 0.921 bits per heavy atom. The molecule has 9 heteroatoms. The van der Waals surface area contributed by atoms with Crippen LogP contribution in [0.5, 0.6) is 5.75 Å². The first-order valence-corrected chi connectivity index (χ1v) is 14.0. The Kier molecular flexibility index (Phi) is 9.90. The molecular formula is C29H35N3O5S. The van der Waals surface area contributed by atoms with E-state index in [0.29, 0.717) is 18.7 Å². The van der Waals surface area contributed by atoms with Gasteiger partial charge in [-0.2, -0.15) is 0 Å². The molecule has 3 aromatic carbocycles. The third kappa shape index (κ3) is 6.52. The molecule has 0 saturated carbocycles. The average Bonchev–Trinajstić information content (AvgIpc) is 2.93. The van der Waals surface area contributed by atoms with E-state index in [1.807, 2.05) is 45.0 Å². The molecule has 202 valence electrons. The number of aryl methyl sites for hydroxylation is 1. The molecule has 1 atom stereocenters. The summed E-state index contributed by atoms with van der Waals surface area (Å²) in [5.74, 6) is -0.482. The number of sulfonamides is 1. The fraction of sp³-hybridized carbons (Fsp3) is 0.310. The summed E-state index contributed by atoms with van der Waals surface area (Å²) >= 11 is 0. The molecule has 0 fully saturated rings. The van der Waals surface area contributed by atoms with Gasteiger partial charge < -0.3 is 15.0 Å². The van der Waals surface area contributed by atoms with Crippen LogP contribution in [0.15, 0.2) is 83.8 Å². The van der Waals surface area contributed by atoms with Crippen LogP contribution in [0.2, 0.25) is 0 Å². The largest absolute Gasteiger partial charge is 0.495 e. The minimum atomic E-state index is -4.15. The van der Waals surface area contributed by atoms with Gasteiger partial charge in [0.15, 0.2) is 0 Å². The number of anilines is 1. The van der Waals surface area contributed by atoms with Gasteiger partial charge in [0.2, 0.25) is 11.8 Å². The maximum atomic E-state index is 14.0. The number of carbonyl (C=O) groups is 2. The summed E-state index contributed by atoms with van der Waals surface area (Å²) in [7, 11) is -2.71. The van der Waals surface area contributed by atoms with E-state index >= 15 is 0 Å². The van der Waals surface area contributed by atoms with E-state index < -0.39 is 28.5 Å². The van der Waals surface area contributed by atoms with Crippen LogP contribution in [-0.4, -0.2) is 51.4 Å². The first-order valence-electron chi connectivity index (χ1n) is 12.6. The highest BCUT2D eigenvalue weighted by molar-refractivity contribution is 7.92. The standard InChI is InChI=1S/C29H35N3O5S/c1-5-25(29(34)30-6-2)31(20-23-15-11-10-14-22(23)3)28(33)21-32(26-18-12-13-19-27(26)37-4)38(35,36)24-16-8-7-9-17-24/h7-19,25H,5-6,20-21H2,1-4H3,(H,30,34)/t25-/m1/s1. The summed E-state index contributed by atoms with van der Waals surface area (Å²) in [5, 5.41) is 2.81. The van der Waals surface area contributed by atoms with E-state index in [1.54, 1.807) is 42.5 Å². The Labute approximate surface area is 225 Å². The number of nitrogens with one attached hydrogen (secondary N) is 1. The predicted octanol–water partition coefficient (Wildman–Crippen LogP) is 4.14. The lowest BCUT2D eigenvalue weighted by Gasteiger charge is -2.33. The Balaban J connectivity index is 2.10. The van der Waals surface area contributed by atoms with Gasteiger partial charge in [0.05, 0.1) is 17.7 Å². The van der Waals surface area contributed by atoms with Crippen LogP contribution in [0.25, 0.3) is 0 Å². The number of methoxy groups -OCH3 is 1. The first kappa shape index (κ1) is 28.7. The highest BCUT2D eigenvalue weighted by Gasteiger charge is 2.34. The van der Waals surface area contributed by atoms with E-state index in [9.17, 15) is 18.0 Å². The maximum Gasteiger partial charge on any atom is 0.264 e. The lowest BCUT2D eigenvalue weighted by Crippen LogP contribution is -2.52. The van der Waals surface area contributed by atoms with Crippen molar-refractivity contribution in [2.75, 3.05) is 24.5 Å². The molecule has 0 aliphatic heterocycles. The first-order chi connectivity index (χ1) is 18.2. The van der Waals surface area contributed by atoms with Gasteiger partial charge in [0.1, 0.15) is 18.3 Å². The molecule has 3 rings (SSSR count). The van der Waals surface area contributed by atoms with Crippen LogP contribution in [0.4, 0.5) is 5.69 Å². The molecule has 0 heterocycles. The van der Waals surface area contributed by atoms with Gasteiger partial charge in [-0.05, 0) is 55.7 Å². The summed E-state index contributed by atoms with van der Waals surface area (Å²) in [6.07, 6.45) is 0.365. The number of amides is 2. The minimum Gasteiger partial charge on any atom is -0.495 e. The minimum absolute atomic E-state index is 0.0416. The number of hydrogen-bond acceptors (Lipinski definition) is 5. The average molecular weight is 538 g/mol. The van der Waals surface area contributed by atoms with Gasteiger partial charge in [0, 0.05) is 13.1 Å². The van der Waals surface area contributed by atoms with Crippen molar-refractivity contribution in [1.29, 1.82) is 0 Å². The highest BCUT2D eigenvalue weighted by Crippen LogP contribution is 2.32. The SMILES string of the molecule is CCNC(=O)[C@@H](CC)N(Cc1ccccc1C)C(=O)CN(c1ccccc1OC)S(=O)(=O)c1ccccc1. The molecule has 38 heavy (non-hydrogen) atoms. The Morgan fingerprint density at radius 2 is 1.55 bits per heavy atom. The highest BCUT2D eigenvalue weighted by atomic mass is 32.2. The fourth-order valence-electron chi connectivity index (χ4n) is 4.25. The van der Waals surface area contributed by atoms with Crippen molar-refractivity contribution in [2.24, 2.45) is 0 Å². The van der Waals surface area contributed by atoms with E-state index in [2.05, 4.69) is 5.32 Å². The molecule has 0 aliphatic carbocycles. The molecule has 0 aromatic heterocycles. The van der Waals surface area contributed by atoms with Crippen LogP contribution in [0.3, 0.4) is 0 Å². The van der Waals surface area contributed by atoms with Crippen molar-refractivity contribution >= 4 is 27.5 Å². The van der Waals surface area contributed by atoms with Gasteiger partial charge in [-0.15, -0.1) is 0 Å². The molecular weight excluding hydrogens is 502 g/mol. The van der Waals surface area contributed by atoms with Crippen molar-refractivity contribution in [3.63, 3.8) is 0 Å². The van der Waals surface area contributed by atoms with Gasteiger partial charge in [-0.1, -0.05) is 61.5 Å². The molecule has 8 nitrogen and oxygen atoms in total. The maximum absolute atomic E-state index is 14.0. The molecule has 1 N–H and O–H groups in total. The van der Waals surface area contributed by atoms with Gasteiger partial charge >= 0.3 is 0 Å². The van der Waals surface area contributed by atoms with E-state index in [0.717, 1.165) is 15.4 Å². The van der Waals surface area contributed by atoms with Gasteiger partial charge in [0.25, 0.3) is 10.0 Å². The van der Waals surface area contributed by atoms with Crippen molar-refractivity contribution in [2.45, 2.75) is 44.7 Å². The van der Waals surface area contributed by atoms with Crippen molar-refractivity contribution in [1.82, 2.24) is 10.2 Å². The zero-order valence-electron chi connectivity index (χ0n) is 22.3. The molecule has 0 spiro atoms. The zero-order valence-corrected chi connectivity index (χ0v) is 23.1. The molecule has 0 saturated heterocycles. The predicted molar refractivity (Wildman–Crippen MR) is 148 cm³/mol. The number of nitrogens with zero attached hydrogens (tertiary/aromatic N) is 2. The molecule has 2 amide bonds. The van der Waals surface area contributed by atoms with E-state index in [4.69, 9.17) is 4.74 Å². The third-order valence-electron chi connectivity index (χ3n) is 6.30. The zero-order chi connectivity index (χ0) is 27.7.